The Labute approximate surface area is 205 Å². The highest BCUT2D eigenvalue weighted by Crippen LogP contribution is 2.35. The lowest BCUT2D eigenvalue weighted by Gasteiger charge is -2.37. The molecule has 10 heteroatoms. The van der Waals surface area contributed by atoms with Crippen LogP contribution < -0.4 is 10.2 Å². The molecule has 1 aromatic heterocycles. The predicted octanol–water partition coefficient (Wildman–Crippen LogP) is 2.52. The van der Waals surface area contributed by atoms with Gasteiger partial charge in [-0.3, -0.25) is 24.6 Å². The maximum absolute atomic E-state index is 14.6. The molecular weight excluding hydrogens is 469 g/mol. The molecule has 1 N–H and O–H groups in total. The van der Waals surface area contributed by atoms with E-state index in [4.69, 9.17) is 0 Å². The summed E-state index contributed by atoms with van der Waals surface area (Å²) < 4.78 is 15.8. The van der Waals surface area contributed by atoms with Crippen molar-refractivity contribution in [3.63, 3.8) is 0 Å². The molecule has 0 spiro atoms. The number of rotatable bonds is 4. The van der Waals surface area contributed by atoms with E-state index in [1.54, 1.807) is 11.3 Å². The highest BCUT2D eigenvalue weighted by Gasteiger charge is 2.41. The van der Waals surface area contributed by atoms with Crippen LogP contribution in [0.3, 0.4) is 0 Å². The monoisotopic (exact) mass is 493 g/mol. The summed E-state index contributed by atoms with van der Waals surface area (Å²) in [7, 11) is 0. The lowest BCUT2D eigenvalue weighted by molar-refractivity contribution is -0.136. The van der Waals surface area contributed by atoms with Crippen molar-refractivity contribution < 1.29 is 18.8 Å². The molecule has 0 saturated carbocycles. The van der Waals surface area contributed by atoms with E-state index in [1.807, 2.05) is 5.51 Å². The summed E-state index contributed by atoms with van der Waals surface area (Å²) in [5, 5.41) is 2.31. The Hall–Kier alpha value is -3.37. The van der Waals surface area contributed by atoms with Crippen molar-refractivity contribution in [1.82, 2.24) is 20.1 Å². The molecule has 35 heavy (non-hydrogen) atoms. The molecule has 3 amide bonds. The van der Waals surface area contributed by atoms with Crippen LogP contribution in [-0.2, 0) is 22.7 Å². The van der Waals surface area contributed by atoms with E-state index in [0.717, 1.165) is 30.7 Å². The second-order valence-corrected chi connectivity index (χ2v) is 10.1. The first-order chi connectivity index (χ1) is 17.0. The second kappa shape index (κ2) is 8.69. The van der Waals surface area contributed by atoms with Crippen molar-refractivity contribution in [2.75, 3.05) is 31.1 Å². The van der Waals surface area contributed by atoms with Gasteiger partial charge in [0.15, 0.2) is 0 Å². The fourth-order valence-electron chi connectivity index (χ4n) is 5.35. The van der Waals surface area contributed by atoms with Gasteiger partial charge in [-0.2, -0.15) is 0 Å². The number of anilines is 1. The fraction of sp³-hybridized carbons (Fsp3) is 0.360. The zero-order valence-electron chi connectivity index (χ0n) is 19.0. The third kappa shape index (κ3) is 3.96. The van der Waals surface area contributed by atoms with Gasteiger partial charge in [-0.05, 0) is 30.2 Å². The average Bonchev–Trinajstić information content (AvgIpc) is 3.45. The van der Waals surface area contributed by atoms with Gasteiger partial charge in [-0.1, -0.05) is 12.1 Å². The number of carbonyl (C=O) groups excluding carboxylic acids is 3. The van der Waals surface area contributed by atoms with E-state index in [1.165, 1.54) is 27.3 Å². The van der Waals surface area contributed by atoms with Crippen LogP contribution in [0.5, 0.6) is 0 Å². The smallest absolute Gasteiger partial charge is 0.255 e. The Kier molecular flexibility index (Phi) is 5.49. The molecule has 2 fully saturated rings. The van der Waals surface area contributed by atoms with E-state index in [2.05, 4.69) is 38.3 Å². The number of nitrogens with one attached hydrogen (secondary N) is 1. The summed E-state index contributed by atoms with van der Waals surface area (Å²) in [4.78, 5) is 47.5. The summed E-state index contributed by atoms with van der Waals surface area (Å²) in [6.07, 6.45) is 0.473. The van der Waals surface area contributed by atoms with E-state index in [9.17, 15) is 18.8 Å². The Morgan fingerprint density at radius 2 is 1.94 bits per heavy atom. The molecule has 3 aliphatic rings. The fourth-order valence-corrected chi connectivity index (χ4v) is 6.07. The zero-order chi connectivity index (χ0) is 24.1. The van der Waals surface area contributed by atoms with Crippen LogP contribution in [0.1, 0.15) is 34.3 Å². The minimum absolute atomic E-state index is 0.189. The highest BCUT2D eigenvalue weighted by molar-refractivity contribution is 7.16. The molecule has 3 aliphatic heterocycles. The summed E-state index contributed by atoms with van der Waals surface area (Å²) in [5.41, 5.74) is 5.90. The van der Waals surface area contributed by atoms with Crippen molar-refractivity contribution in [3.05, 3.63) is 58.3 Å². The first-order valence-electron chi connectivity index (χ1n) is 11.7. The molecule has 8 nitrogen and oxygen atoms in total. The van der Waals surface area contributed by atoms with Crippen LogP contribution in [-0.4, -0.2) is 64.7 Å². The normalized spacial score (nSPS) is 21.1. The van der Waals surface area contributed by atoms with Crippen LogP contribution in [0.2, 0.25) is 0 Å². The summed E-state index contributed by atoms with van der Waals surface area (Å²) in [6.45, 7) is 4.05. The van der Waals surface area contributed by atoms with Crippen molar-refractivity contribution >= 4 is 45.0 Å². The van der Waals surface area contributed by atoms with Gasteiger partial charge in [0.25, 0.3) is 5.91 Å². The third-order valence-electron chi connectivity index (χ3n) is 7.15. The molecule has 4 heterocycles. The molecule has 0 radical (unpaired) electrons. The number of amides is 3. The van der Waals surface area contributed by atoms with Gasteiger partial charge in [0.1, 0.15) is 11.9 Å². The highest BCUT2D eigenvalue weighted by atomic mass is 32.1. The summed E-state index contributed by atoms with van der Waals surface area (Å²) in [6, 6.07) is 8.30. The first kappa shape index (κ1) is 22.1. The molecule has 2 saturated heterocycles. The van der Waals surface area contributed by atoms with Gasteiger partial charge >= 0.3 is 0 Å². The lowest BCUT2D eigenvalue weighted by Crippen LogP contribution is -2.52. The van der Waals surface area contributed by atoms with Gasteiger partial charge in [-0.25, -0.2) is 9.37 Å². The number of halogens is 1. The number of aromatic nitrogens is 1. The molecule has 180 valence electrons. The number of piperidine rings is 1. The molecule has 0 aliphatic carbocycles. The van der Waals surface area contributed by atoms with Crippen LogP contribution in [0.25, 0.3) is 10.2 Å². The molecule has 1 atom stereocenters. The number of hydrogen-bond donors (Lipinski definition) is 1. The first-order valence-corrected chi connectivity index (χ1v) is 12.6. The van der Waals surface area contributed by atoms with Gasteiger partial charge in [0.05, 0.1) is 15.7 Å². The van der Waals surface area contributed by atoms with Crippen LogP contribution in [0.4, 0.5) is 10.1 Å². The number of nitrogens with zero attached hydrogens (tertiary/aromatic N) is 4. The number of carbonyl (C=O) groups is 3. The van der Waals surface area contributed by atoms with Gasteiger partial charge in [-0.15, -0.1) is 11.3 Å². The third-order valence-corrected chi connectivity index (χ3v) is 7.94. The molecule has 0 bridgehead atoms. The predicted molar refractivity (Wildman–Crippen MR) is 130 cm³/mol. The lowest BCUT2D eigenvalue weighted by atomic mass is 10.0. The Morgan fingerprint density at radius 1 is 1.11 bits per heavy atom. The van der Waals surface area contributed by atoms with Crippen LogP contribution in [0.15, 0.2) is 35.8 Å². The number of hydrogen-bond acceptors (Lipinski definition) is 7. The molecule has 2 aromatic carbocycles. The number of benzene rings is 2. The van der Waals surface area contributed by atoms with Gasteiger partial charge < -0.3 is 9.80 Å². The second-order valence-electron chi connectivity index (χ2n) is 9.23. The van der Waals surface area contributed by atoms with Crippen LogP contribution >= 0.6 is 11.3 Å². The minimum Gasteiger partial charge on any atom is -0.369 e. The van der Waals surface area contributed by atoms with Crippen LogP contribution in [0, 0.1) is 5.82 Å². The maximum atomic E-state index is 14.6. The minimum atomic E-state index is -0.714. The Bertz CT molecular complexity index is 1350. The van der Waals surface area contributed by atoms with E-state index in [-0.39, 0.29) is 31.2 Å². The van der Waals surface area contributed by atoms with Gasteiger partial charge in [0, 0.05) is 62.5 Å². The number of piperazine rings is 1. The van der Waals surface area contributed by atoms with E-state index >= 15 is 0 Å². The van der Waals surface area contributed by atoms with Crippen molar-refractivity contribution in [2.24, 2.45) is 0 Å². The van der Waals surface area contributed by atoms with Crippen molar-refractivity contribution in [3.8, 4) is 0 Å². The van der Waals surface area contributed by atoms with E-state index in [0.29, 0.717) is 24.3 Å². The topological polar surface area (TPSA) is 85.9 Å². The average molecular weight is 494 g/mol. The standard InChI is InChI=1S/C25H24FN5O3S/c26-16-10-17-18(13-31(25(17)34)19-4-5-22(32)28-24(19)33)20(11-16)30-8-6-29(7-9-30)12-15-2-1-3-21-23(15)27-14-35-21/h1-3,10-11,14,19H,4-9,12-13H2,(H,28,32,33). The van der Waals surface area contributed by atoms with E-state index < -0.39 is 17.8 Å². The number of imide groups is 1. The Balaban J connectivity index is 1.19. The number of thiazole rings is 1. The number of para-hydroxylation sites is 1. The summed E-state index contributed by atoms with van der Waals surface area (Å²) >= 11 is 1.64. The van der Waals surface area contributed by atoms with Crippen molar-refractivity contribution in [1.29, 1.82) is 0 Å². The largest absolute Gasteiger partial charge is 0.369 e. The molecule has 3 aromatic rings. The van der Waals surface area contributed by atoms with Crippen molar-refractivity contribution in [2.45, 2.75) is 32.0 Å². The summed E-state index contributed by atoms with van der Waals surface area (Å²) in [5.74, 6) is -1.61. The Morgan fingerprint density at radius 3 is 2.74 bits per heavy atom. The zero-order valence-corrected chi connectivity index (χ0v) is 19.8. The number of fused-ring (bicyclic) bond motifs is 2. The molecule has 6 rings (SSSR count). The van der Waals surface area contributed by atoms with Gasteiger partial charge in [0.2, 0.25) is 11.8 Å². The maximum Gasteiger partial charge on any atom is 0.255 e. The SMILES string of the molecule is O=C1CCC(N2Cc3c(cc(F)cc3N3CCN(Cc4cccc5scnc45)CC3)C2=O)C(=O)N1. The quantitative estimate of drug-likeness (QED) is 0.563. The molecular formula is C25H24FN5O3S. The molecule has 1 unspecified atom stereocenters.